The summed E-state index contributed by atoms with van der Waals surface area (Å²) in [6.07, 6.45) is 2.30. The molecule has 2 aromatic rings. The minimum atomic E-state index is -0.301. The summed E-state index contributed by atoms with van der Waals surface area (Å²) in [6.45, 7) is 0. The van der Waals surface area contributed by atoms with Crippen molar-refractivity contribution in [2.45, 2.75) is 18.8 Å². The quantitative estimate of drug-likeness (QED) is 0.725. The standard InChI is InChI=1S/C13H10BrFIN3/c14-8-5-7(3-4-9(8)15)13-18-11(6-1-2-6)10(16)12(17)19-13/h3-6H,1-2H2,(H2,17,18,19). The van der Waals surface area contributed by atoms with Crippen molar-refractivity contribution < 1.29 is 4.39 Å². The molecule has 0 spiro atoms. The normalized spacial score (nSPS) is 14.7. The lowest BCUT2D eigenvalue weighted by atomic mass is 10.2. The molecule has 3 rings (SSSR count). The number of aromatic nitrogens is 2. The monoisotopic (exact) mass is 433 g/mol. The Hall–Kier alpha value is -0.760. The van der Waals surface area contributed by atoms with Crippen molar-refractivity contribution in [3.8, 4) is 11.4 Å². The first-order valence-electron chi connectivity index (χ1n) is 5.84. The first-order valence-corrected chi connectivity index (χ1v) is 7.72. The molecule has 1 aliphatic carbocycles. The number of anilines is 1. The minimum Gasteiger partial charge on any atom is -0.383 e. The Morgan fingerprint density at radius 1 is 1.32 bits per heavy atom. The van der Waals surface area contributed by atoms with Crippen LogP contribution in [0.5, 0.6) is 0 Å². The molecule has 0 bridgehead atoms. The number of nitrogens with two attached hydrogens (primary N) is 1. The average Bonchev–Trinajstić information content (AvgIpc) is 3.20. The van der Waals surface area contributed by atoms with E-state index in [0.29, 0.717) is 22.0 Å². The summed E-state index contributed by atoms with van der Waals surface area (Å²) in [7, 11) is 0. The van der Waals surface area contributed by atoms with E-state index in [1.54, 1.807) is 12.1 Å². The lowest BCUT2D eigenvalue weighted by Gasteiger charge is -2.08. The van der Waals surface area contributed by atoms with Gasteiger partial charge in [0.25, 0.3) is 0 Å². The number of halogens is 3. The highest BCUT2D eigenvalue weighted by Crippen LogP contribution is 2.42. The van der Waals surface area contributed by atoms with Gasteiger partial charge in [-0.25, -0.2) is 14.4 Å². The van der Waals surface area contributed by atoms with Gasteiger partial charge in [-0.3, -0.25) is 0 Å². The van der Waals surface area contributed by atoms with Crippen LogP contribution < -0.4 is 5.73 Å². The van der Waals surface area contributed by atoms with Gasteiger partial charge >= 0.3 is 0 Å². The summed E-state index contributed by atoms with van der Waals surface area (Å²) in [4.78, 5) is 8.89. The zero-order valence-corrected chi connectivity index (χ0v) is 13.6. The second-order valence-electron chi connectivity index (χ2n) is 4.53. The van der Waals surface area contributed by atoms with Gasteiger partial charge in [0, 0.05) is 11.5 Å². The average molecular weight is 434 g/mol. The molecule has 0 aliphatic heterocycles. The van der Waals surface area contributed by atoms with Gasteiger partial charge in [-0.05, 0) is 69.6 Å². The number of hydrogen-bond donors (Lipinski definition) is 1. The van der Waals surface area contributed by atoms with Crippen molar-refractivity contribution in [2.24, 2.45) is 0 Å². The minimum absolute atomic E-state index is 0.301. The lowest BCUT2D eigenvalue weighted by molar-refractivity contribution is 0.621. The number of rotatable bonds is 2. The third kappa shape index (κ3) is 2.60. The lowest BCUT2D eigenvalue weighted by Crippen LogP contribution is -2.04. The van der Waals surface area contributed by atoms with E-state index in [1.807, 2.05) is 0 Å². The van der Waals surface area contributed by atoms with Crippen LogP contribution in [0.4, 0.5) is 10.2 Å². The van der Waals surface area contributed by atoms with E-state index in [4.69, 9.17) is 5.73 Å². The summed E-state index contributed by atoms with van der Waals surface area (Å²) in [6, 6.07) is 4.74. The molecular formula is C13H10BrFIN3. The zero-order valence-electron chi connectivity index (χ0n) is 9.83. The smallest absolute Gasteiger partial charge is 0.161 e. The van der Waals surface area contributed by atoms with Crippen molar-refractivity contribution >= 4 is 44.3 Å². The van der Waals surface area contributed by atoms with Crippen LogP contribution >= 0.6 is 38.5 Å². The molecule has 0 atom stereocenters. The van der Waals surface area contributed by atoms with Gasteiger partial charge in [-0.15, -0.1) is 0 Å². The zero-order chi connectivity index (χ0) is 13.6. The van der Waals surface area contributed by atoms with Crippen LogP contribution in [-0.4, -0.2) is 9.97 Å². The van der Waals surface area contributed by atoms with Gasteiger partial charge in [-0.1, -0.05) is 0 Å². The second-order valence-corrected chi connectivity index (χ2v) is 6.47. The molecule has 19 heavy (non-hydrogen) atoms. The maximum Gasteiger partial charge on any atom is 0.161 e. The highest BCUT2D eigenvalue weighted by Gasteiger charge is 2.29. The highest BCUT2D eigenvalue weighted by atomic mass is 127. The highest BCUT2D eigenvalue weighted by molar-refractivity contribution is 14.1. The molecule has 98 valence electrons. The third-order valence-corrected chi connectivity index (χ3v) is 4.76. The number of hydrogen-bond acceptors (Lipinski definition) is 3. The van der Waals surface area contributed by atoms with Crippen LogP contribution in [0.1, 0.15) is 24.5 Å². The molecule has 1 aromatic heterocycles. The first-order chi connectivity index (χ1) is 9.06. The summed E-state index contributed by atoms with van der Waals surface area (Å²) < 4.78 is 14.6. The predicted molar refractivity (Wildman–Crippen MR) is 84.2 cm³/mol. The summed E-state index contributed by atoms with van der Waals surface area (Å²) in [5.41, 5.74) is 7.73. The molecular weight excluding hydrogens is 424 g/mol. The van der Waals surface area contributed by atoms with E-state index >= 15 is 0 Å². The molecule has 1 fully saturated rings. The molecule has 0 saturated heterocycles. The molecule has 0 unspecified atom stereocenters. The Balaban J connectivity index is 2.11. The van der Waals surface area contributed by atoms with E-state index < -0.39 is 0 Å². The molecule has 3 nitrogen and oxygen atoms in total. The molecule has 1 aliphatic rings. The molecule has 1 heterocycles. The number of nitrogen functional groups attached to an aromatic ring is 1. The number of benzene rings is 1. The predicted octanol–water partition coefficient (Wildman–Crippen LogP) is 4.11. The van der Waals surface area contributed by atoms with Gasteiger partial charge in [-0.2, -0.15) is 0 Å². The van der Waals surface area contributed by atoms with Gasteiger partial charge in [0.2, 0.25) is 0 Å². The van der Waals surface area contributed by atoms with E-state index in [-0.39, 0.29) is 5.82 Å². The van der Waals surface area contributed by atoms with E-state index in [0.717, 1.165) is 27.7 Å². The van der Waals surface area contributed by atoms with E-state index in [2.05, 4.69) is 48.5 Å². The summed E-state index contributed by atoms with van der Waals surface area (Å²) >= 11 is 5.36. The summed E-state index contributed by atoms with van der Waals surface area (Å²) in [5.74, 6) is 1.25. The largest absolute Gasteiger partial charge is 0.383 e. The Labute approximate surface area is 132 Å². The second kappa shape index (κ2) is 4.97. The Kier molecular flexibility index (Phi) is 3.46. The Bertz CT molecular complexity index is 659. The summed E-state index contributed by atoms with van der Waals surface area (Å²) in [5, 5.41) is 0. The van der Waals surface area contributed by atoms with Crippen molar-refractivity contribution in [2.75, 3.05) is 5.73 Å². The third-order valence-electron chi connectivity index (χ3n) is 3.04. The van der Waals surface area contributed by atoms with E-state index in [1.165, 1.54) is 6.07 Å². The molecule has 0 radical (unpaired) electrons. The topological polar surface area (TPSA) is 51.8 Å². The fraction of sp³-hybridized carbons (Fsp3) is 0.231. The molecule has 6 heteroatoms. The fourth-order valence-electron chi connectivity index (χ4n) is 1.87. The Morgan fingerprint density at radius 3 is 2.68 bits per heavy atom. The Morgan fingerprint density at radius 2 is 2.05 bits per heavy atom. The van der Waals surface area contributed by atoms with Crippen molar-refractivity contribution in [3.63, 3.8) is 0 Å². The molecule has 2 N–H and O–H groups in total. The van der Waals surface area contributed by atoms with Gasteiger partial charge in [0.05, 0.1) is 13.7 Å². The van der Waals surface area contributed by atoms with Crippen molar-refractivity contribution in [1.82, 2.24) is 9.97 Å². The van der Waals surface area contributed by atoms with Gasteiger partial charge in [0.15, 0.2) is 5.82 Å². The maximum atomic E-state index is 13.3. The number of nitrogens with zero attached hydrogens (tertiary/aromatic N) is 2. The van der Waals surface area contributed by atoms with Crippen LogP contribution in [0.25, 0.3) is 11.4 Å². The van der Waals surface area contributed by atoms with Gasteiger partial charge in [0.1, 0.15) is 11.6 Å². The molecule has 1 saturated carbocycles. The van der Waals surface area contributed by atoms with Gasteiger partial charge < -0.3 is 5.73 Å². The SMILES string of the molecule is Nc1nc(-c2ccc(F)c(Br)c2)nc(C2CC2)c1I. The molecule has 0 amide bonds. The van der Waals surface area contributed by atoms with Crippen LogP contribution in [0.15, 0.2) is 22.7 Å². The molecule has 1 aromatic carbocycles. The van der Waals surface area contributed by atoms with Crippen molar-refractivity contribution in [1.29, 1.82) is 0 Å². The van der Waals surface area contributed by atoms with Crippen LogP contribution in [0.2, 0.25) is 0 Å². The van der Waals surface area contributed by atoms with Crippen LogP contribution in [0.3, 0.4) is 0 Å². The van der Waals surface area contributed by atoms with Crippen molar-refractivity contribution in [3.05, 3.63) is 37.8 Å². The van der Waals surface area contributed by atoms with Crippen LogP contribution in [-0.2, 0) is 0 Å². The maximum absolute atomic E-state index is 13.3. The fourth-order valence-corrected chi connectivity index (χ4v) is 2.93. The van der Waals surface area contributed by atoms with E-state index in [9.17, 15) is 4.39 Å². The first kappa shape index (κ1) is 13.2. The van der Waals surface area contributed by atoms with Crippen LogP contribution in [0, 0.1) is 9.39 Å².